The highest BCUT2D eigenvalue weighted by atomic mass is 28.4. The second-order valence-corrected chi connectivity index (χ2v) is 19.2. The third-order valence-electron chi connectivity index (χ3n) is 5.74. The maximum Gasteiger partial charge on any atom is 0.306 e. The smallest absolute Gasteiger partial charge is 0.306 e. The Morgan fingerprint density at radius 2 is 1.44 bits per heavy atom. The van der Waals surface area contributed by atoms with Crippen molar-refractivity contribution < 1.29 is 13.6 Å². The van der Waals surface area contributed by atoms with Gasteiger partial charge in [0.15, 0.2) is 8.32 Å². The highest BCUT2D eigenvalue weighted by Gasteiger charge is 2.48. The van der Waals surface area contributed by atoms with E-state index in [1.54, 1.807) is 0 Å². The average molecular weight is 418 g/mol. The van der Waals surface area contributed by atoms with Crippen LogP contribution < -0.4 is 5.32 Å². The SMILES string of the molecule is CCC(C)O[Si](C)(C)CCCCNCC(=O)O[Si](C(C)C)(C(C)C)C(C)C. The van der Waals surface area contributed by atoms with Gasteiger partial charge in [-0.2, -0.15) is 0 Å². The van der Waals surface area contributed by atoms with E-state index in [-0.39, 0.29) is 5.97 Å². The maximum absolute atomic E-state index is 12.5. The molecule has 0 aromatic rings. The van der Waals surface area contributed by atoms with E-state index < -0.39 is 16.6 Å². The average Bonchev–Trinajstić information content (AvgIpc) is 2.54. The van der Waals surface area contributed by atoms with Crippen LogP contribution in [-0.4, -0.2) is 41.8 Å². The molecule has 0 amide bonds. The molecule has 0 rings (SSSR count). The summed E-state index contributed by atoms with van der Waals surface area (Å²) >= 11 is 0. The summed E-state index contributed by atoms with van der Waals surface area (Å²) in [6, 6.07) is 1.17. The summed E-state index contributed by atoms with van der Waals surface area (Å²) in [6.45, 7) is 23.4. The Kier molecular flexibility index (Phi) is 12.3. The number of rotatable bonds is 14. The molecule has 0 saturated carbocycles. The van der Waals surface area contributed by atoms with Crippen molar-refractivity contribution in [3.63, 3.8) is 0 Å². The number of hydrogen-bond donors (Lipinski definition) is 1. The number of hydrogen-bond acceptors (Lipinski definition) is 4. The van der Waals surface area contributed by atoms with Crippen molar-refractivity contribution in [1.29, 1.82) is 0 Å². The van der Waals surface area contributed by atoms with E-state index in [1.165, 1.54) is 6.04 Å². The van der Waals surface area contributed by atoms with Gasteiger partial charge in [-0.05, 0) is 62.1 Å². The lowest BCUT2D eigenvalue weighted by molar-refractivity contribution is -0.134. The molecule has 27 heavy (non-hydrogen) atoms. The van der Waals surface area contributed by atoms with Gasteiger partial charge in [0.1, 0.15) is 0 Å². The molecule has 162 valence electrons. The van der Waals surface area contributed by atoms with Crippen molar-refractivity contribution >= 4 is 22.6 Å². The Labute approximate surface area is 171 Å². The first-order valence-electron chi connectivity index (χ1n) is 11.0. The summed E-state index contributed by atoms with van der Waals surface area (Å²) in [5.41, 5.74) is 1.29. The highest BCUT2D eigenvalue weighted by Crippen LogP contribution is 2.42. The van der Waals surface area contributed by atoms with Gasteiger partial charge >= 0.3 is 5.97 Å². The fourth-order valence-electron chi connectivity index (χ4n) is 4.26. The van der Waals surface area contributed by atoms with Crippen LogP contribution in [0.4, 0.5) is 0 Å². The first-order valence-corrected chi connectivity index (χ1v) is 16.2. The van der Waals surface area contributed by atoms with E-state index in [1.807, 2.05) is 0 Å². The van der Waals surface area contributed by atoms with Crippen molar-refractivity contribution in [2.45, 2.75) is 117 Å². The lowest BCUT2D eigenvalue weighted by Crippen LogP contribution is -2.50. The van der Waals surface area contributed by atoms with Gasteiger partial charge in [0.2, 0.25) is 0 Å². The van der Waals surface area contributed by atoms with E-state index in [0.717, 1.165) is 25.8 Å². The Bertz CT molecular complexity index is 404. The van der Waals surface area contributed by atoms with Gasteiger partial charge in [0.05, 0.1) is 6.54 Å². The topological polar surface area (TPSA) is 47.6 Å². The molecular weight excluding hydrogens is 370 g/mol. The maximum atomic E-state index is 12.5. The Balaban J connectivity index is 4.27. The standard InChI is InChI=1S/C21H47NO3Si2/c1-11-20(8)24-26(9,10)15-13-12-14-22-16-21(23)25-27(17(2)3,18(4)5)19(6)7/h17-20,22H,11-16H2,1-10H3. The molecule has 4 nitrogen and oxygen atoms in total. The summed E-state index contributed by atoms with van der Waals surface area (Å²) in [6.07, 6.45) is 3.68. The van der Waals surface area contributed by atoms with Crippen molar-refractivity contribution in [3.8, 4) is 0 Å². The molecule has 0 saturated heterocycles. The first-order chi connectivity index (χ1) is 12.4. The third kappa shape index (κ3) is 9.24. The van der Waals surface area contributed by atoms with Crippen LogP contribution in [-0.2, 0) is 13.6 Å². The molecule has 1 atom stereocenters. The van der Waals surface area contributed by atoms with Crippen LogP contribution in [0.15, 0.2) is 0 Å². The van der Waals surface area contributed by atoms with Crippen LogP contribution in [0.1, 0.15) is 74.7 Å². The molecule has 0 aromatic heterocycles. The Hall–Kier alpha value is -0.176. The second-order valence-electron chi connectivity index (χ2n) is 9.52. The minimum atomic E-state index is -2.11. The molecule has 0 fully saturated rings. The predicted octanol–water partition coefficient (Wildman–Crippen LogP) is 6.10. The molecule has 0 radical (unpaired) electrons. The minimum absolute atomic E-state index is 0.0763. The largest absolute Gasteiger partial charge is 0.517 e. The second kappa shape index (κ2) is 12.4. The Morgan fingerprint density at radius 3 is 1.89 bits per heavy atom. The van der Waals surface area contributed by atoms with Crippen LogP contribution in [0.3, 0.4) is 0 Å². The molecule has 0 spiro atoms. The van der Waals surface area contributed by atoms with Gasteiger partial charge in [-0.25, -0.2) is 0 Å². The zero-order valence-corrected chi connectivity index (χ0v) is 21.8. The lowest BCUT2D eigenvalue weighted by atomic mass is 10.3. The molecule has 1 unspecified atom stereocenters. The van der Waals surface area contributed by atoms with Crippen molar-refractivity contribution in [2.24, 2.45) is 0 Å². The van der Waals surface area contributed by atoms with Gasteiger partial charge in [-0.15, -0.1) is 0 Å². The zero-order chi connectivity index (χ0) is 21.3. The molecular formula is C21H47NO3Si2. The minimum Gasteiger partial charge on any atom is -0.517 e. The van der Waals surface area contributed by atoms with Crippen LogP contribution in [0.2, 0.25) is 35.8 Å². The quantitative estimate of drug-likeness (QED) is 0.274. The normalized spacial score (nSPS) is 14.3. The number of unbranched alkanes of at least 4 members (excludes halogenated alkanes) is 1. The summed E-state index contributed by atoms with van der Waals surface area (Å²) in [5, 5.41) is 3.29. The molecule has 0 bridgehead atoms. The van der Waals surface area contributed by atoms with E-state index in [9.17, 15) is 4.79 Å². The molecule has 1 N–H and O–H groups in total. The summed E-state index contributed by atoms with van der Waals surface area (Å²) < 4.78 is 12.4. The zero-order valence-electron chi connectivity index (χ0n) is 19.8. The van der Waals surface area contributed by atoms with E-state index in [2.05, 4.69) is 73.8 Å². The van der Waals surface area contributed by atoms with Gasteiger partial charge < -0.3 is 14.2 Å². The van der Waals surface area contributed by atoms with Crippen molar-refractivity contribution in [2.75, 3.05) is 13.1 Å². The van der Waals surface area contributed by atoms with Crippen LogP contribution >= 0.6 is 0 Å². The molecule has 0 heterocycles. The van der Waals surface area contributed by atoms with Crippen molar-refractivity contribution in [1.82, 2.24) is 5.32 Å². The number of nitrogens with one attached hydrogen (secondary N) is 1. The molecule has 6 heteroatoms. The van der Waals surface area contributed by atoms with Gasteiger partial charge in [0, 0.05) is 6.10 Å². The lowest BCUT2D eigenvalue weighted by Gasteiger charge is -2.41. The van der Waals surface area contributed by atoms with E-state index in [0.29, 0.717) is 29.3 Å². The van der Waals surface area contributed by atoms with Gasteiger partial charge in [-0.3, -0.25) is 4.79 Å². The van der Waals surface area contributed by atoms with E-state index >= 15 is 0 Å². The monoisotopic (exact) mass is 417 g/mol. The van der Waals surface area contributed by atoms with Crippen molar-refractivity contribution in [3.05, 3.63) is 0 Å². The summed E-state index contributed by atoms with van der Waals surface area (Å²) in [4.78, 5) is 12.5. The third-order valence-corrected chi connectivity index (χ3v) is 14.3. The highest BCUT2D eigenvalue weighted by molar-refractivity contribution is 6.78. The molecule has 0 aliphatic heterocycles. The number of carbonyl (C=O) groups excluding carboxylic acids is 1. The summed E-state index contributed by atoms with van der Waals surface area (Å²) in [5.74, 6) is -0.0763. The predicted molar refractivity (Wildman–Crippen MR) is 122 cm³/mol. The van der Waals surface area contributed by atoms with Gasteiger partial charge in [0.25, 0.3) is 8.32 Å². The van der Waals surface area contributed by atoms with E-state index in [4.69, 9.17) is 8.85 Å². The Morgan fingerprint density at radius 1 is 0.926 bits per heavy atom. The fraction of sp³-hybridized carbons (Fsp3) is 0.952. The van der Waals surface area contributed by atoms with Crippen LogP contribution in [0, 0.1) is 0 Å². The molecule has 0 aliphatic rings. The van der Waals surface area contributed by atoms with Crippen LogP contribution in [0.25, 0.3) is 0 Å². The van der Waals surface area contributed by atoms with Gasteiger partial charge in [-0.1, -0.05) is 54.9 Å². The molecule has 0 aromatic carbocycles. The first kappa shape index (κ1) is 26.8. The number of carbonyl (C=O) groups is 1. The summed E-state index contributed by atoms with van der Waals surface area (Å²) in [7, 11) is -3.66. The fourth-order valence-corrected chi connectivity index (χ4v) is 11.9. The van der Waals surface area contributed by atoms with Crippen LogP contribution in [0.5, 0.6) is 0 Å². The molecule has 0 aliphatic carbocycles.